The molecular formula is C20H17F2N5O3S2. The molecular weight excluding hydrogens is 460 g/mol. The topological polar surface area (TPSA) is 108 Å². The van der Waals surface area contributed by atoms with Crippen molar-refractivity contribution in [3.8, 4) is 0 Å². The Hall–Kier alpha value is -2.96. The molecule has 0 spiro atoms. The number of hydrogen-bond donors (Lipinski definition) is 2. The molecule has 2 aromatic heterocycles. The number of hydrogen-bond acceptors (Lipinski definition) is 6. The highest BCUT2D eigenvalue weighted by Gasteiger charge is 2.27. The zero-order valence-corrected chi connectivity index (χ0v) is 18.1. The molecule has 0 radical (unpaired) electrons. The highest BCUT2D eigenvalue weighted by Crippen LogP contribution is 2.30. The van der Waals surface area contributed by atoms with Crippen LogP contribution in [-0.4, -0.2) is 46.7 Å². The van der Waals surface area contributed by atoms with Crippen molar-refractivity contribution in [2.75, 3.05) is 18.4 Å². The number of sulfonamides is 1. The first-order chi connectivity index (χ1) is 15.3. The summed E-state index contributed by atoms with van der Waals surface area (Å²) in [5, 5.41) is 2.99. The zero-order valence-electron chi connectivity index (χ0n) is 16.5. The lowest BCUT2D eigenvalue weighted by atomic mass is 10.2. The minimum atomic E-state index is -3.55. The van der Waals surface area contributed by atoms with Gasteiger partial charge in [-0.25, -0.2) is 27.2 Å². The second-order valence-electron chi connectivity index (χ2n) is 7.37. The van der Waals surface area contributed by atoms with Gasteiger partial charge in [-0.05, 0) is 49.2 Å². The van der Waals surface area contributed by atoms with E-state index in [1.54, 1.807) is 12.1 Å². The maximum absolute atomic E-state index is 12.8. The Bertz CT molecular complexity index is 1440. The number of nitrogens with one attached hydrogen (secondary N) is 2. The van der Waals surface area contributed by atoms with E-state index < -0.39 is 28.2 Å². The number of alkyl halides is 2. The van der Waals surface area contributed by atoms with Gasteiger partial charge in [-0.1, -0.05) is 11.3 Å². The Morgan fingerprint density at radius 2 is 1.84 bits per heavy atom. The van der Waals surface area contributed by atoms with Crippen molar-refractivity contribution in [2.45, 2.75) is 24.2 Å². The van der Waals surface area contributed by atoms with Crippen molar-refractivity contribution >= 4 is 53.6 Å². The van der Waals surface area contributed by atoms with Gasteiger partial charge in [0.05, 0.1) is 26.1 Å². The smallest absolute Gasteiger partial charge is 0.295 e. The van der Waals surface area contributed by atoms with Gasteiger partial charge in [0.25, 0.3) is 12.3 Å². The third-order valence-corrected chi connectivity index (χ3v) is 8.08. The van der Waals surface area contributed by atoms with Crippen LogP contribution in [-0.2, 0) is 10.0 Å². The van der Waals surface area contributed by atoms with E-state index in [0.717, 1.165) is 24.2 Å². The molecule has 1 fully saturated rings. The number of anilines is 1. The van der Waals surface area contributed by atoms with E-state index >= 15 is 0 Å². The van der Waals surface area contributed by atoms with Crippen molar-refractivity contribution < 1.29 is 22.0 Å². The number of nitrogens with zero attached hydrogens (tertiary/aromatic N) is 3. The van der Waals surface area contributed by atoms with Crippen molar-refractivity contribution in [3.63, 3.8) is 0 Å². The van der Waals surface area contributed by atoms with Gasteiger partial charge in [-0.15, -0.1) is 0 Å². The summed E-state index contributed by atoms with van der Waals surface area (Å²) in [6.07, 6.45) is -1.03. The van der Waals surface area contributed by atoms with Gasteiger partial charge in [0.2, 0.25) is 10.0 Å². The van der Waals surface area contributed by atoms with Crippen LogP contribution in [0, 0.1) is 0 Å². The molecule has 1 amide bonds. The van der Waals surface area contributed by atoms with Crippen LogP contribution in [0.15, 0.2) is 41.3 Å². The first-order valence-corrected chi connectivity index (χ1v) is 12.1. The number of fused-ring (bicyclic) bond motifs is 2. The number of thiazole rings is 1. The second-order valence-corrected chi connectivity index (χ2v) is 10.3. The third-order valence-electron chi connectivity index (χ3n) is 5.25. The van der Waals surface area contributed by atoms with E-state index in [1.165, 1.54) is 28.6 Å². The van der Waals surface area contributed by atoms with Crippen LogP contribution in [0.5, 0.6) is 0 Å². The molecule has 3 heterocycles. The highest BCUT2D eigenvalue weighted by molar-refractivity contribution is 7.89. The van der Waals surface area contributed by atoms with E-state index in [1.807, 2.05) is 0 Å². The molecule has 5 rings (SSSR count). The number of rotatable bonds is 5. The molecule has 0 aliphatic carbocycles. The summed E-state index contributed by atoms with van der Waals surface area (Å²) in [6, 6.07) is 9.12. The number of halogens is 2. The fourth-order valence-corrected chi connectivity index (χ4v) is 6.16. The van der Waals surface area contributed by atoms with Gasteiger partial charge in [0.15, 0.2) is 11.0 Å². The number of amides is 1. The van der Waals surface area contributed by atoms with Crippen LogP contribution in [0.4, 0.5) is 13.9 Å². The summed E-state index contributed by atoms with van der Waals surface area (Å²) in [5.41, 5.74) is 1.48. The monoisotopic (exact) mass is 477 g/mol. The summed E-state index contributed by atoms with van der Waals surface area (Å²) in [5.74, 6) is -0.924. The Labute approximate surface area is 185 Å². The molecule has 0 bridgehead atoms. The molecule has 2 aromatic carbocycles. The maximum atomic E-state index is 12.8. The molecule has 0 unspecified atom stereocenters. The van der Waals surface area contributed by atoms with Crippen molar-refractivity contribution in [1.29, 1.82) is 0 Å². The average Bonchev–Trinajstić information content (AvgIpc) is 3.51. The predicted octanol–water partition coefficient (Wildman–Crippen LogP) is 4.15. The average molecular weight is 478 g/mol. The van der Waals surface area contributed by atoms with Crippen molar-refractivity contribution in [2.24, 2.45) is 0 Å². The molecule has 1 saturated heterocycles. The normalized spacial score (nSPS) is 15.2. The molecule has 166 valence electrons. The van der Waals surface area contributed by atoms with Crippen LogP contribution in [0.2, 0.25) is 0 Å². The maximum Gasteiger partial charge on any atom is 0.295 e. The molecule has 32 heavy (non-hydrogen) atoms. The van der Waals surface area contributed by atoms with Crippen LogP contribution >= 0.6 is 11.3 Å². The number of carbonyl (C=O) groups excluding carboxylic acids is 1. The summed E-state index contributed by atoms with van der Waals surface area (Å²) in [6.45, 7) is 1.04. The summed E-state index contributed by atoms with van der Waals surface area (Å²) in [7, 11) is -3.55. The summed E-state index contributed by atoms with van der Waals surface area (Å²) < 4.78 is 53.3. The van der Waals surface area contributed by atoms with Crippen LogP contribution in [0.1, 0.15) is 35.4 Å². The molecule has 1 aliphatic rings. The SMILES string of the molecule is O=C(Nc1nc2ccc(S(=O)(=O)N3CCCC3)cc2s1)c1ccc2nc(C(F)F)[nH]c2c1. The Morgan fingerprint density at radius 3 is 2.59 bits per heavy atom. The Balaban J connectivity index is 1.39. The van der Waals surface area contributed by atoms with Gasteiger partial charge in [-0.2, -0.15) is 4.31 Å². The molecule has 1 aliphatic heterocycles. The second kappa shape index (κ2) is 7.87. The number of aromatic amines is 1. The van der Waals surface area contributed by atoms with Gasteiger partial charge in [0, 0.05) is 18.7 Å². The van der Waals surface area contributed by atoms with E-state index in [0.29, 0.717) is 39.5 Å². The van der Waals surface area contributed by atoms with E-state index in [2.05, 4.69) is 20.3 Å². The van der Waals surface area contributed by atoms with Crippen LogP contribution < -0.4 is 5.32 Å². The fraction of sp³-hybridized carbons (Fsp3) is 0.250. The number of benzene rings is 2. The van der Waals surface area contributed by atoms with Crippen LogP contribution in [0.3, 0.4) is 0 Å². The van der Waals surface area contributed by atoms with Gasteiger partial charge < -0.3 is 4.98 Å². The summed E-state index contributed by atoms with van der Waals surface area (Å²) in [4.78, 5) is 23.5. The quantitative estimate of drug-likeness (QED) is 0.449. The number of aromatic nitrogens is 3. The molecule has 0 saturated carbocycles. The van der Waals surface area contributed by atoms with E-state index in [9.17, 15) is 22.0 Å². The highest BCUT2D eigenvalue weighted by atomic mass is 32.2. The first kappa shape index (κ1) is 20.9. The van der Waals surface area contributed by atoms with Crippen LogP contribution in [0.25, 0.3) is 21.3 Å². The van der Waals surface area contributed by atoms with Gasteiger partial charge in [0.1, 0.15) is 0 Å². The number of H-pyrrole nitrogens is 1. The van der Waals surface area contributed by atoms with Crippen molar-refractivity contribution in [3.05, 3.63) is 47.8 Å². The largest absolute Gasteiger partial charge is 0.337 e. The lowest BCUT2D eigenvalue weighted by Crippen LogP contribution is -2.27. The van der Waals surface area contributed by atoms with E-state index in [4.69, 9.17) is 0 Å². The Morgan fingerprint density at radius 1 is 1.09 bits per heavy atom. The molecule has 0 atom stereocenters. The van der Waals surface area contributed by atoms with Gasteiger partial charge in [-0.3, -0.25) is 10.1 Å². The Kier molecular flexibility index (Phi) is 5.14. The molecule has 12 heteroatoms. The number of carbonyl (C=O) groups is 1. The minimum Gasteiger partial charge on any atom is -0.337 e. The zero-order chi connectivity index (χ0) is 22.5. The third kappa shape index (κ3) is 3.74. The lowest BCUT2D eigenvalue weighted by Gasteiger charge is -2.15. The molecule has 4 aromatic rings. The lowest BCUT2D eigenvalue weighted by molar-refractivity contribution is 0.102. The first-order valence-electron chi connectivity index (χ1n) is 9.81. The predicted molar refractivity (Wildman–Crippen MR) is 117 cm³/mol. The number of imidazole rings is 1. The van der Waals surface area contributed by atoms with E-state index in [-0.39, 0.29) is 10.5 Å². The van der Waals surface area contributed by atoms with Gasteiger partial charge >= 0.3 is 0 Å². The minimum absolute atomic E-state index is 0.202. The fourth-order valence-electron chi connectivity index (χ4n) is 3.64. The van der Waals surface area contributed by atoms with Crippen molar-refractivity contribution in [1.82, 2.24) is 19.3 Å². The molecule has 8 nitrogen and oxygen atoms in total. The standard InChI is InChI=1S/C20H17F2N5O3S2/c21-17(22)18-23-13-5-3-11(9-15(13)24-18)19(28)26-20-25-14-6-4-12(10-16(14)31-20)32(29,30)27-7-1-2-8-27/h3-6,9-10,17H,1-2,7-8H2,(H,23,24)(H,25,26,28). The molecule has 2 N–H and O–H groups in total. The summed E-state index contributed by atoms with van der Waals surface area (Å²) >= 11 is 1.16.